The van der Waals surface area contributed by atoms with Crippen LogP contribution in [0.3, 0.4) is 0 Å². The molecular formula is C11H19N3O2. The molecule has 1 N–H and O–H groups in total. The number of rotatable bonds is 5. The Morgan fingerprint density at radius 3 is 2.88 bits per heavy atom. The highest BCUT2D eigenvalue weighted by atomic mass is 16.5. The lowest BCUT2D eigenvalue weighted by molar-refractivity contribution is 0.0454. The minimum absolute atomic E-state index is 0.279. The number of nitrogens with zero attached hydrogens (tertiary/aromatic N) is 3. The number of hydrogen-bond acceptors (Lipinski definition) is 5. The molecule has 1 saturated heterocycles. The van der Waals surface area contributed by atoms with Crippen LogP contribution in [-0.2, 0) is 13.0 Å². The molecule has 2 heterocycles. The van der Waals surface area contributed by atoms with Crippen molar-refractivity contribution in [1.29, 1.82) is 0 Å². The van der Waals surface area contributed by atoms with Crippen molar-refractivity contribution in [2.45, 2.75) is 26.8 Å². The molecule has 5 heteroatoms. The highest BCUT2D eigenvalue weighted by Crippen LogP contribution is 2.17. The summed E-state index contributed by atoms with van der Waals surface area (Å²) >= 11 is 0. The van der Waals surface area contributed by atoms with Gasteiger partial charge in [-0.15, -0.1) is 0 Å². The van der Waals surface area contributed by atoms with E-state index in [4.69, 9.17) is 9.63 Å². The largest absolute Gasteiger partial charge is 0.396 e. The zero-order valence-corrected chi connectivity index (χ0v) is 9.89. The minimum Gasteiger partial charge on any atom is -0.396 e. The highest BCUT2D eigenvalue weighted by molar-refractivity contribution is 4.90. The van der Waals surface area contributed by atoms with Gasteiger partial charge in [0.15, 0.2) is 5.82 Å². The Balaban J connectivity index is 1.80. The van der Waals surface area contributed by atoms with Crippen molar-refractivity contribution < 1.29 is 9.63 Å². The fraction of sp³-hybridized carbons (Fsp3) is 0.818. The van der Waals surface area contributed by atoms with E-state index in [1.54, 1.807) is 0 Å². The molecule has 0 bridgehead atoms. The first-order valence-corrected chi connectivity index (χ1v) is 5.82. The first-order chi connectivity index (χ1) is 7.67. The molecule has 5 nitrogen and oxygen atoms in total. The fourth-order valence-electron chi connectivity index (χ4n) is 1.91. The lowest BCUT2D eigenvalue weighted by Gasteiger charge is -2.37. The summed E-state index contributed by atoms with van der Waals surface area (Å²) in [6, 6.07) is 0. The van der Waals surface area contributed by atoms with Crippen LogP contribution in [0.25, 0.3) is 0 Å². The van der Waals surface area contributed by atoms with Crippen LogP contribution < -0.4 is 0 Å². The molecule has 0 radical (unpaired) electrons. The predicted octanol–water partition coefficient (Wildman–Crippen LogP) is 0.692. The van der Waals surface area contributed by atoms with Crippen molar-refractivity contribution in [3.63, 3.8) is 0 Å². The van der Waals surface area contributed by atoms with Crippen molar-refractivity contribution in [3.8, 4) is 0 Å². The molecule has 0 saturated carbocycles. The smallest absolute Gasteiger partial charge is 0.226 e. The third-order valence-electron chi connectivity index (χ3n) is 2.75. The Bertz CT molecular complexity index is 332. The summed E-state index contributed by atoms with van der Waals surface area (Å²) in [6.45, 7) is 7.14. The van der Waals surface area contributed by atoms with Gasteiger partial charge < -0.3 is 9.63 Å². The second kappa shape index (κ2) is 4.93. The van der Waals surface area contributed by atoms with Crippen LogP contribution in [0.5, 0.6) is 0 Å². The second-order valence-electron chi connectivity index (χ2n) is 4.94. The van der Waals surface area contributed by atoms with E-state index in [1.807, 2.05) is 0 Å². The number of hydrogen-bond donors (Lipinski definition) is 1. The van der Waals surface area contributed by atoms with E-state index in [0.717, 1.165) is 37.8 Å². The minimum atomic E-state index is 0.279. The molecule has 1 fully saturated rings. The van der Waals surface area contributed by atoms with Gasteiger partial charge in [-0.3, -0.25) is 4.90 Å². The maximum atomic E-state index is 8.90. The van der Waals surface area contributed by atoms with Crippen molar-refractivity contribution in [3.05, 3.63) is 11.7 Å². The molecule has 1 aliphatic rings. The van der Waals surface area contributed by atoms with Gasteiger partial charge in [0.05, 0.1) is 6.54 Å². The van der Waals surface area contributed by atoms with Gasteiger partial charge in [0.25, 0.3) is 0 Å². The average molecular weight is 225 g/mol. The number of aliphatic hydroxyl groups excluding tert-OH is 1. The van der Waals surface area contributed by atoms with Gasteiger partial charge in [-0.25, -0.2) is 0 Å². The summed E-state index contributed by atoms with van der Waals surface area (Å²) < 4.78 is 5.16. The molecule has 1 aromatic heterocycles. The highest BCUT2D eigenvalue weighted by Gasteiger charge is 2.26. The first-order valence-electron chi connectivity index (χ1n) is 5.82. The van der Waals surface area contributed by atoms with Gasteiger partial charge in [-0.2, -0.15) is 4.98 Å². The van der Waals surface area contributed by atoms with Crippen LogP contribution in [-0.4, -0.2) is 39.8 Å². The Morgan fingerprint density at radius 2 is 2.25 bits per heavy atom. The fourth-order valence-corrected chi connectivity index (χ4v) is 1.91. The Morgan fingerprint density at radius 1 is 1.50 bits per heavy atom. The zero-order chi connectivity index (χ0) is 11.5. The third kappa shape index (κ3) is 2.80. The molecule has 16 heavy (non-hydrogen) atoms. The summed E-state index contributed by atoms with van der Waals surface area (Å²) in [5, 5.41) is 12.8. The van der Waals surface area contributed by atoms with Crippen LogP contribution in [0.15, 0.2) is 4.52 Å². The molecule has 0 atom stereocenters. The number of aliphatic hydroxyl groups is 1. The molecule has 0 aliphatic carbocycles. The van der Waals surface area contributed by atoms with E-state index in [-0.39, 0.29) is 6.61 Å². The van der Waals surface area contributed by atoms with Crippen LogP contribution in [0, 0.1) is 11.8 Å². The van der Waals surface area contributed by atoms with E-state index in [2.05, 4.69) is 28.9 Å². The average Bonchev–Trinajstić information content (AvgIpc) is 2.57. The van der Waals surface area contributed by atoms with E-state index >= 15 is 0 Å². The Hall–Kier alpha value is -0.940. The van der Waals surface area contributed by atoms with Gasteiger partial charge in [-0.1, -0.05) is 19.0 Å². The van der Waals surface area contributed by atoms with Crippen molar-refractivity contribution in [1.82, 2.24) is 15.0 Å². The predicted molar refractivity (Wildman–Crippen MR) is 58.7 cm³/mol. The summed E-state index contributed by atoms with van der Waals surface area (Å²) in [5.41, 5.74) is 0. The van der Waals surface area contributed by atoms with E-state index in [0.29, 0.717) is 11.8 Å². The topological polar surface area (TPSA) is 62.4 Å². The summed E-state index contributed by atoms with van der Waals surface area (Å²) in [4.78, 5) is 6.55. The van der Waals surface area contributed by atoms with Crippen LogP contribution in [0.2, 0.25) is 0 Å². The maximum absolute atomic E-state index is 8.90. The van der Waals surface area contributed by atoms with Crippen molar-refractivity contribution >= 4 is 0 Å². The molecule has 2 rings (SSSR count). The molecule has 0 amide bonds. The lowest BCUT2D eigenvalue weighted by Crippen LogP contribution is -2.47. The zero-order valence-electron chi connectivity index (χ0n) is 9.89. The molecule has 0 aromatic carbocycles. The standard InChI is InChI=1S/C11H19N3O2/c1-8(2)3-11-12-10(13-16-11)6-14-4-9(5-14)7-15/h8-9,15H,3-7H2,1-2H3. The van der Waals surface area contributed by atoms with Gasteiger partial charge in [0, 0.05) is 32.0 Å². The van der Waals surface area contributed by atoms with Crippen LogP contribution >= 0.6 is 0 Å². The van der Waals surface area contributed by atoms with Gasteiger partial charge in [0.1, 0.15) is 0 Å². The summed E-state index contributed by atoms with van der Waals surface area (Å²) in [6.07, 6.45) is 0.840. The number of likely N-dealkylation sites (tertiary alicyclic amines) is 1. The van der Waals surface area contributed by atoms with Crippen LogP contribution in [0.4, 0.5) is 0 Å². The van der Waals surface area contributed by atoms with Gasteiger partial charge >= 0.3 is 0 Å². The molecule has 0 unspecified atom stereocenters. The quantitative estimate of drug-likeness (QED) is 0.799. The normalized spacial score (nSPS) is 18.0. The SMILES string of the molecule is CC(C)Cc1nc(CN2CC(CO)C2)no1. The van der Waals surface area contributed by atoms with E-state index in [9.17, 15) is 0 Å². The van der Waals surface area contributed by atoms with Crippen LogP contribution in [0.1, 0.15) is 25.6 Å². The van der Waals surface area contributed by atoms with Crippen molar-refractivity contribution in [2.24, 2.45) is 11.8 Å². The van der Waals surface area contributed by atoms with E-state index < -0.39 is 0 Å². The Kier molecular flexibility index (Phi) is 3.56. The monoisotopic (exact) mass is 225 g/mol. The first kappa shape index (κ1) is 11.5. The molecule has 1 aliphatic heterocycles. The van der Waals surface area contributed by atoms with Gasteiger partial charge in [0.2, 0.25) is 5.89 Å². The Labute approximate surface area is 95.4 Å². The van der Waals surface area contributed by atoms with Gasteiger partial charge in [-0.05, 0) is 5.92 Å². The maximum Gasteiger partial charge on any atom is 0.226 e. The lowest BCUT2D eigenvalue weighted by atomic mass is 10.0. The summed E-state index contributed by atoms with van der Waals surface area (Å²) in [5.74, 6) is 2.45. The van der Waals surface area contributed by atoms with Crippen molar-refractivity contribution in [2.75, 3.05) is 19.7 Å². The number of aromatic nitrogens is 2. The van der Waals surface area contributed by atoms with E-state index in [1.165, 1.54) is 0 Å². The summed E-state index contributed by atoms with van der Waals surface area (Å²) in [7, 11) is 0. The second-order valence-corrected chi connectivity index (χ2v) is 4.94. The molecule has 90 valence electrons. The molecular weight excluding hydrogens is 206 g/mol. The molecule has 1 aromatic rings. The molecule has 0 spiro atoms. The third-order valence-corrected chi connectivity index (χ3v) is 2.75.